The van der Waals surface area contributed by atoms with Gasteiger partial charge >= 0.3 is 6.18 Å². The van der Waals surface area contributed by atoms with Crippen molar-refractivity contribution >= 4 is 22.4 Å². The second-order valence-electron chi connectivity index (χ2n) is 4.28. The van der Waals surface area contributed by atoms with Crippen molar-refractivity contribution < 1.29 is 18.0 Å². The molecule has 19 heavy (non-hydrogen) atoms. The van der Waals surface area contributed by atoms with E-state index in [0.29, 0.717) is 23.8 Å². The molecule has 0 unspecified atom stereocenters. The van der Waals surface area contributed by atoms with E-state index in [4.69, 9.17) is 0 Å². The van der Waals surface area contributed by atoms with E-state index in [0.717, 1.165) is 0 Å². The Morgan fingerprint density at radius 1 is 1.37 bits per heavy atom. The van der Waals surface area contributed by atoms with Crippen molar-refractivity contribution in [2.24, 2.45) is 5.92 Å². The number of hydrogen-bond donors (Lipinski definition) is 2. The molecule has 0 radical (unpaired) electrons. The molecule has 1 aromatic heterocycles. The molecule has 0 saturated heterocycles. The number of hydrogen-bond acceptors (Lipinski definition) is 5. The summed E-state index contributed by atoms with van der Waals surface area (Å²) in [6.07, 6.45) is -4.31. The molecular formula is C10H15F3N4OS. The molecule has 0 atom stereocenters. The van der Waals surface area contributed by atoms with Gasteiger partial charge in [-0.3, -0.25) is 4.79 Å². The number of anilines is 1. The Kier molecular flexibility index (Phi) is 5.52. The first kappa shape index (κ1) is 15.7. The average molecular weight is 296 g/mol. The molecule has 0 saturated carbocycles. The lowest BCUT2D eigenvalue weighted by Gasteiger charge is -2.07. The van der Waals surface area contributed by atoms with Crippen molar-refractivity contribution in [1.29, 1.82) is 0 Å². The lowest BCUT2D eigenvalue weighted by atomic mass is 10.2. The first-order valence-corrected chi connectivity index (χ1v) is 6.52. The number of carbonyl (C=O) groups is 1. The van der Waals surface area contributed by atoms with Crippen LogP contribution in [0.5, 0.6) is 0 Å². The number of alkyl halides is 3. The molecule has 0 aliphatic carbocycles. The van der Waals surface area contributed by atoms with E-state index in [-0.39, 0.29) is 24.0 Å². The highest BCUT2D eigenvalue weighted by molar-refractivity contribution is 7.15. The Morgan fingerprint density at radius 3 is 2.58 bits per heavy atom. The third kappa shape index (κ3) is 5.86. The van der Waals surface area contributed by atoms with Gasteiger partial charge in [-0.25, -0.2) is 0 Å². The molecule has 0 aliphatic heterocycles. The Balaban J connectivity index is 2.30. The molecule has 0 spiro atoms. The van der Waals surface area contributed by atoms with Crippen molar-refractivity contribution in [3.63, 3.8) is 0 Å². The van der Waals surface area contributed by atoms with Gasteiger partial charge in [0.2, 0.25) is 16.0 Å². The molecule has 9 heteroatoms. The Labute approximate surface area is 112 Å². The van der Waals surface area contributed by atoms with Crippen LogP contribution >= 0.6 is 11.3 Å². The van der Waals surface area contributed by atoms with Crippen molar-refractivity contribution in [2.45, 2.75) is 26.4 Å². The maximum absolute atomic E-state index is 12.2. The van der Waals surface area contributed by atoms with E-state index < -0.39 is 11.2 Å². The predicted molar refractivity (Wildman–Crippen MR) is 65.9 cm³/mol. The van der Waals surface area contributed by atoms with Gasteiger partial charge in [-0.15, -0.1) is 10.2 Å². The van der Waals surface area contributed by atoms with Gasteiger partial charge in [-0.05, 0) is 5.92 Å². The molecular weight excluding hydrogens is 281 g/mol. The molecule has 0 aromatic carbocycles. The normalized spacial score (nSPS) is 11.7. The lowest BCUT2D eigenvalue weighted by Crippen LogP contribution is -2.28. The van der Waals surface area contributed by atoms with Crippen LogP contribution < -0.4 is 10.6 Å². The van der Waals surface area contributed by atoms with Crippen molar-refractivity contribution in [1.82, 2.24) is 15.5 Å². The SMILES string of the molecule is CC(C)CNC(=O)CCNc1nnc(C(F)(F)F)s1. The highest BCUT2D eigenvalue weighted by Gasteiger charge is 2.35. The largest absolute Gasteiger partial charge is 0.445 e. The number of nitrogens with one attached hydrogen (secondary N) is 2. The first-order valence-electron chi connectivity index (χ1n) is 5.70. The Hall–Kier alpha value is -1.38. The standard InChI is InChI=1S/C10H15F3N4OS/c1-6(2)5-15-7(18)3-4-14-9-17-16-8(19-9)10(11,12)13/h6H,3-5H2,1-2H3,(H,14,17)(H,15,18). The van der Waals surface area contributed by atoms with Crippen LogP contribution in [0.2, 0.25) is 0 Å². The van der Waals surface area contributed by atoms with Gasteiger partial charge in [0.25, 0.3) is 0 Å². The van der Waals surface area contributed by atoms with E-state index in [1.165, 1.54) is 0 Å². The maximum atomic E-state index is 12.2. The summed E-state index contributed by atoms with van der Waals surface area (Å²) in [6, 6.07) is 0. The van der Waals surface area contributed by atoms with E-state index in [2.05, 4.69) is 20.8 Å². The number of aromatic nitrogens is 2. The van der Waals surface area contributed by atoms with Crippen LogP contribution in [0.25, 0.3) is 0 Å². The number of nitrogens with zero attached hydrogens (tertiary/aromatic N) is 2. The van der Waals surface area contributed by atoms with Gasteiger partial charge < -0.3 is 10.6 Å². The second kappa shape index (κ2) is 6.69. The predicted octanol–water partition coefficient (Wildman–Crippen LogP) is 2.13. The summed E-state index contributed by atoms with van der Waals surface area (Å²) in [7, 11) is 0. The molecule has 1 heterocycles. The zero-order valence-electron chi connectivity index (χ0n) is 10.5. The van der Waals surface area contributed by atoms with Crippen molar-refractivity contribution in [2.75, 3.05) is 18.4 Å². The highest BCUT2D eigenvalue weighted by Crippen LogP contribution is 2.32. The van der Waals surface area contributed by atoms with E-state index in [1.54, 1.807) is 0 Å². The minimum atomic E-state index is -4.48. The van der Waals surface area contributed by atoms with Crippen LogP contribution in [0, 0.1) is 5.92 Å². The number of rotatable bonds is 6. The summed E-state index contributed by atoms with van der Waals surface area (Å²) in [5.41, 5.74) is 0. The van der Waals surface area contributed by atoms with Crippen LogP contribution in [0.15, 0.2) is 0 Å². The topological polar surface area (TPSA) is 66.9 Å². The van der Waals surface area contributed by atoms with E-state index in [9.17, 15) is 18.0 Å². The molecule has 108 valence electrons. The zero-order chi connectivity index (χ0) is 14.5. The fraction of sp³-hybridized carbons (Fsp3) is 0.700. The fourth-order valence-electron chi connectivity index (χ4n) is 1.10. The number of halogens is 3. The monoisotopic (exact) mass is 296 g/mol. The summed E-state index contributed by atoms with van der Waals surface area (Å²) in [6.45, 7) is 4.74. The number of amides is 1. The van der Waals surface area contributed by atoms with Gasteiger partial charge in [-0.2, -0.15) is 13.2 Å². The summed E-state index contributed by atoms with van der Waals surface area (Å²) < 4.78 is 36.7. The molecule has 0 bridgehead atoms. The van der Waals surface area contributed by atoms with Gasteiger partial charge in [-0.1, -0.05) is 25.2 Å². The molecule has 1 rings (SSSR count). The Bertz CT molecular complexity index is 419. The third-order valence-corrected chi connectivity index (χ3v) is 2.93. The molecule has 1 amide bonds. The first-order chi connectivity index (χ1) is 8.79. The van der Waals surface area contributed by atoms with E-state index in [1.807, 2.05) is 13.8 Å². The van der Waals surface area contributed by atoms with Crippen LogP contribution in [-0.2, 0) is 11.0 Å². The summed E-state index contributed by atoms with van der Waals surface area (Å²) in [5.74, 6) is 0.205. The lowest BCUT2D eigenvalue weighted by molar-refractivity contribution is -0.138. The molecule has 2 N–H and O–H groups in total. The second-order valence-corrected chi connectivity index (χ2v) is 5.26. The average Bonchev–Trinajstić information content (AvgIpc) is 2.74. The van der Waals surface area contributed by atoms with Crippen LogP contribution in [0.3, 0.4) is 0 Å². The maximum Gasteiger partial charge on any atom is 0.445 e. The van der Waals surface area contributed by atoms with Gasteiger partial charge in [0.15, 0.2) is 0 Å². The fourth-order valence-corrected chi connectivity index (χ4v) is 1.73. The highest BCUT2D eigenvalue weighted by atomic mass is 32.1. The summed E-state index contributed by atoms with van der Waals surface area (Å²) in [5, 5.41) is 10.8. The van der Waals surface area contributed by atoms with Crippen LogP contribution in [-0.4, -0.2) is 29.2 Å². The molecule has 1 aromatic rings. The Morgan fingerprint density at radius 2 is 2.05 bits per heavy atom. The smallest absolute Gasteiger partial charge is 0.360 e. The van der Waals surface area contributed by atoms with Crippen molar-refractivity contribution in [3.05, 3.63) is 5.01 Å². The minimum absolute atomic E-state index is 0.0592. The minimum Gasteiger partial charge on any atom is -0.360 e. The molecule has 0 fully saturated rings. The summed E-state index contributed by atoms with van der Waals surface area (Å²) >= 11 is 0.420. The van der Waals surface area contributed by atoms with Crippen LogP contribution in [0.4, 0.5) is 18.3 Å². The number of carbonyl (C=O) groups excluding carboxylic acids is 1. The zero-order valence-corrected chi connectivity index (χ0v) is 11.4. The molecule has 5 nitrogen and oxygen atoms in total. The van der Waals surface area contributed by atoms with Gasteiger partial charge in [0, 0.05) is 19.5 Å². The van der Waals surface area contributed by atoms with Crippen molar-refractivity contribution in [3.8, 4) is 0 Å². The quantitative estimate of drug-likeness (QED) is 0.844. The van der Waals surface area contributed by atoms with E-state index >= 15 is 0 Å². The van der Waals surface area contributed by atoms with Gasteiger partial charge in [0.05, 0.1) is 0 Å². The summed E-state index contributed by atoms with van der Waals surface area (Å²) in [4.78, 5) is 11.3. The van der Waals surface area contributed by atoms with Crippen LogP contribution in [0.1, 0.15) is 25.3 Å². The molecule has 0 aliphatic rings. The van der Waals surface area contributed by atoms with Gasteiger partial charge in [0.1, 0.15) is 0 Å². The third-order valence-electron chi connectivity index (χ3n) is 2.00.